The third-order valence-corrected chi connectivity index (χ3v) is 4.27. The molecule has 0 radical (unpaired) electrons. The average Bonchev–Trinajstić information content (AvgIpc) is 2.61. The Balaban J connectivity index is 1.84. The SMILES string of the molecule is COc1ccc(OC)c(NC(=O)c2ccc3c(c2)CCCC3)c1. The van der Waals surface area contributed by atoms with Crippen molar-refractivity contribution in [1.82, 2.24) is 0 Å². The number of hydrogen-bond acceptors (Lipinski definition) is 3. The summed E-state index contributed by atoms with van der Waals surface area (Å²) in [5.41, 5.74) is 3.94. The number of carbonyl (C=O) groups excluding carboxylic acids is 1. The van der Waals surface area contributed by atoms with Crippen LogP contribution in [-0.4, -0.2) is 20.1 Å². The summed E-state index contributed by atoms with van der Waals surface area (Å²) in [7, 11) is 3.17. The number of hydrogen-bond donors (Lipinski definition) is 1. The van der Waals surface area contributed by atoms with E-state index in [1.165, 1.54) is 24.0 Å². The van der Waals surface area contributed by atoms with Gasteiger partial charge in [-0.2, -0.15) is 0 Å². The van der Waals surface area contributed by atoms with Gasteiger partial charge in [-0.05, 0) is 61.1 Å². The molecule has 0 fully saturated rings. The summed E-state index contributed by atoms with van der Waals surface area (Å²) in [4.78, 5) is 12.6. The molecule has 2 aromatic carbocycles. The summed E-state index contributed by atoms with van der Waals surface area (Å²) in [6.45, 7) is 0. The number of rotatable bonds is 4. The summed E-state index contributed by atoms with van der Waals surface area (Å²) in [6, 6.07) is 11.3. The lowest BCUT2D eigenvalue weighted by Gasteiger charge is -2.17. The molecule has 0 saturated heterocycles. The smallest absolute Gasteiger partial charge is 0.255 e. The highest BCUT2D eigenvalue weighted by molar-refractivity contribution is 6.05. The van der Waals surface area contributed by atoms with Gasteiger partial charge in [0, 0.05) is 11.6 Å². The van der Waals surface area contributed by atoms with Crippen LogP contribution in [-0.2, 0) is 12.8 Å². The van der Waals surface area contributed by atoms with Crippen molar-refractivity contribution < 1.29 is 14.3 Å². The fourth-order valence-corrected chi connectivity index (χ4v) is 2.98. The largest absolute Gasteiger partial charge is 0.497 e. The number of carbonyl (C=O) groups is 1. The number of anilines is 1. The number of fused-ring (bicyclic) bond motifs is 1. The first-order valence-electron chi connectivity index (χ1n) is 7.86. The van der Waals surface area contributed by atoms with Crippen molar-refractivity contribution in [3.05, 3.63) is 53.1 Å². The summed E-state index contributed by atoms with van der Waals surface area (Å²) in [5, 5.41) is 2.92. The first kappa shape index (κ1) is 15.4. The van der Waals surface area contributed by atoms with Gasteiger partial charge in [0.15, 0.2) is 0 Å². The van der Waals surface area contributed by atoms with E-state index < -0.39 is 0 Å². The van der Waals surface area contributed by atoms with Crippen LogP contribution < -0.4 is 14.8 Å². The van der Waals surface area contributed by atoms with Crippen LogP contribution in [0.1, 0.15) is 34.3 Å². The highest BCUT2D eigenvalue weighted by Gasteiger charge is 2.14. The van der Waals surface area contributed by atoms with Crippen molar-refractivity contribution in [2.24, 2.45) is 0 Å². The predicted molar refractivity (Wildman–Crippen MR) is 90.6 cm³/mol. The van der Waals surface area contributed by atoms with Gasteiger partial charge in [-0.1, -0.05) is 6.07 Å². The van der Waals surface area contributed by atoms with Gasteiger partial charge in [-0.25, -0.2) is 0 Å². The molecule has 4 heteroatoms. The molecule has 23 heavy (non-hydrogen) atoms. The normalized spacial score (nSPS) is 13.1. The topological polar surface area (TPSA) is 47.6 Å². The average molecular weight is 311 g/mol. The Kier molecular flexibility index (Phi) is 4.51. The molecule has 1 N–H and O–H groups in total. The van der Waals surface area contributed by atoms with Gasteiger partial charge in [-0.3, -0.25) is 4.79 Å². The first-order valence-corrected chi connectivity index (χ1v) is 7.86. The molecule has 4 nitrogen and oxygen atoms in total. The fourth-order valence-electron chi connectivity index (χ4n) is 2.98. The molecule has 0 saturated carbocycles. The quantitative estimate of drug-likeness (QED) is 0.933. The molecule has 1 aliphatic rings. The second-order valence-corrected chi connectivity index (χ2v) is 5.71. The molecule has 0 bridgehead atoms. The van der Waals surface area contributed by atoms with E-state index in [1.54, 1.807) is 32.4 Å². The highest BCUT2D eigenvalue weighted by atomic mass is 16.5. The Morgan fingerprint density at radius 3 is 2.48 bits per heavy atom. The number of methoxy groups -OCH3 is 2. The fraction of sp³-hybridized carbons (Fsp3) is 0.316. The van der Waals surface area contributed by atoms with Gasteiger partial charge >= 0.3 is 0 Å². The Bertz CT molecular complexity index is 725. The van der Waals surface area contributed by atoms with E-state index in [9.17, 15) is 4.79 Å². The lowest BCUT2D eigenvalue weighted by atomic mass is 9.90. The first-order chi connectivity index (χ1) is 11.2. The van der Waals surface area contributed by atoms with Crippen molar-refractivity contribution in [1.29, 1.82) is 0 Å². The predicted octanol–water partition coefficient (Wildman–Crippen LogP) is 3.83. The zero-order valence-electron chi connectivity index (χ0n) is 13.5. The third kappa shape index (κ3) is 3.31. The van der Waals surface area contributed by atoms with E-state index in [4.69, 9.17) is 9.47 Å². The van der Waals surface area contributed by atoms with E-state index in [0.717, 1.165) is 12.8 Å². The summed E-state index contributed by atoms with van der Waals surface area (Å²) >= 11 is 0. The molecule has 3 rings (SSSR count). The maximum atomic E-state index is 12.6. The molecule has 0 aliphatic heterocycles. The zero-order chi connectivity index (χ0) is 16.2. The summed E-state index contributed by atoms with van der Waals surface area (Å²) < 4.78 is 10.5. The van der Waals surface area contributed by atoms with Crippen molar-refractivity contribution in [3.63, 3.8) is 0 Å². The second-order valence-electron chi connectivity index (χ2n) is 5.71. The van der Waals surface area contributed by atoms with E-state index in [2.05, 4.69) is 11.4 Å². The Hall–Kier alpha value is -2.49. The van der Waals surface area contributed by atoms with Gasteiger partial charge in [0.2, 0.25) is 0 Å². The molecule has 0 aromatic heterocycles. The number of amides is 1. The van der Waals surface area contributed by atoms with Gasteiger partial charge in [0.05, 0.1) is 19.9 Å². The molecular weight excluding hydrogens is 290 g/mol. The van der Waals surface area contributed by atoms with Gasteiger partial charge in [-0.15, -0.1) is 0 Å². The molecule has 1 amide bonds. The lowest BCUT2D eigenvalue weighted by molar-refractivity contribution is 0.102. The van der Waals surface area contributed by atoms with Crippen LogP contribution >= 0.6 is 0 Å². The van der Waals surface area contributed by atoms with Gasteiger partial charge in [0.1, 0.15) is 11.5 Å². The molecule has 0 spiro atoms. The van der Waals surface area contributed by atoms with Crippen molar-refractivity contribution in [3.8, 4) is 11.5 Å². The minimum Gasteiger partial charge on any atom is -0.497 e. The highest BCUT2D eigenvalue weighted by Crippen LogP contribution is 2.29. The van der Waals surface area contributed by atoms with E-state index >= 15 is 0 Å². The summed E-state index contributed by atoms with van der Waals surface area (Å²) in [5.74, 6) is 1.15. The van der Waals surface area contributed by atoms with Crippen molar-refractivity contribution in [2.75, 3.05) is 19.5 Å². The number of nitrogens with one attached hydrogen (secondary N) is 1. The number of ether oxygens (including phenoxy) is 2. The van der Waals surface area contributed by atoms with Crippen LogP contribution in [0.25, 0.3) is 0 Å². The van der Waals surface area contributed by atoms with E-state index in [0.29, 0.717) is 22.7 Å². The monoisotopic (exact) mass is 311 g/mol. The number of aryl methyl sites for hydroxylation is 2. The maximum absolute atomic E-state index is 12.6. The van der Waals surface area contributed by atoms with Crippen molar-refractivity contribution >= 4 is 11.6 Å². The zero-order valence-corrected chi connectivity index (χ0v) is 13.5. The molecule has 120 valence electrons. The minimum absolute atomic E-state index is 0.134. The van der Waals surface area contributed by atoms with Crippen molar-refractivity contribution in [2.45, 2.75) is 25.7 Å². The van der Waals surface area contributed by atoms with Crippen LogP contribution in [0.3, 0.4) is 0 Å². The van der Waals surface area contributed by atoms with Crippen LogP contribution in [0.4, 0.5) is 5.69 Å². The molecule has 0 heterocycles. The molecule has 0 unspecified atom stereocenters. The lowest BCUT2D eigenvalue weighted by Crippen LogP contribution is -2.14. The van der Waals surface area contributed by atoms with Gasteiger partial charge < -0.3 is 14.8 Å². The van der Waals surface area contributed by atoms with E-state index in [1.807, 2.05) is 12.1 Å². The van der Waals surface area contributed by atoms with Gasteiger partial charge in [0.25, 0.3) is 5.91 Å². The maximum Gasteiger partial charge on any atom is 0.255 e. The minimum atomic E-state index is -0.134. The Morgan fingerprint density at radius 2 is 1.74 bits per heavy atom. The number of benzene rings is 2. The third-order valence-electron chi connectivity index (χ3n) is 4.27. The van der Waals surface area contributed by atoms with Crippen LogP contribution in [0.5, 0.6) is 11.5 Å². The standard InChI is InChI=1S/C19H21NO3/c1-22-16-9-10-18(23-2)17(12-16)20-19(21)15-8-7-13-5-3-4-6-14(13)11-15/h7-12H,3-6H2,1-2H3,(H,20,21). The summed E-state index contributed by atoms with van der Waals surface area (Å²) in [6.07, 6.45) is 4.60. The Labute approximate surface area is 136 Å². The van der Waals surface area contributed by atoms with Crippen LogP contribution in [0.15, 0.2) is 36.4 Å². The molecule has 0 atom stereocenters. The molecule has 1 aliphatic carbocycles. The van der Waals surface area contributed by atoms with E-state index in [-0.39, 0.29) is 5.91 Å². The second kappa shape index (κ2) is 6.73. The van der Waals surface area contributed by atoms with Crippen LogP contribution in [0, 0.1) is 0 Å². The molecular formula is C19H21NO3. The Morgan fingerprint density at radius 1 is 0.957 bits per heavy atom. The molecule has 2 aromatic rings. The van der Waals surface area contributed by atoms with Crippen LogP contribution in [0.2, 0.25) is 0 Å².